The highest BCUT2D eigenvalue weighted by atomic mass is 79.9. The van der Waals surface area contributed by atoms with Crippen molar-refractivity contribution in [3.8, 4) is 0 Å². The maximum atomic E-state index is 13.4. The van der Waals surface area contributed by atoms with E-state index in [0.29, 0.717) is 10.9 Å². The summed E-state index contributed by atoms with van der Waals surface area (Å²) in [5.74, 6) is 5.29. The zero-order valence-electron chi connectivity index (χ0n) is 9.74. The zero-order chi connectivity index (χ0) is 13.0. The van der Waals surface area contributed by atoms with Crippen LogP contribution < -0.4 is 11.3 Å². The molecule has 2 aromatic carbocycles. The topological polar surface area (TPSA) is 38.0 Å². The van der Waals surface area contributed by atoms with E-state index in [-0.39, 0.29) is 11.9 Å². The van der Waals surface area contributed by atoms with Crippen molar-refractivity contribution in [3.05, 3.63) is 69.9 Å². The highest BCUT2D eigenvalue weighted by Gasteiger charge is 2.12. The molecule has 0 saturated heterocycles. The second-order valence-corrected chi connectivity index (χ2v) is 5.03. The number of nitrogens with one attached hydrogen (secondary N) is 1. The van der Waals surface area contributed by atoms with Gasteiger partial charge in [-0.2, -0.15) is 0 Å². The molecule has 0 aliphatic rings. The Bertz CT molecular complexity index is 496. The Labute approximate surface area is 114 Å². The molecule has 0 amide bonds. The lowest BCUT2D eigenvalue weighted by Gasteiger charge is -2.17. The van der Waals surface area contributed by atoms with E-state index in [0.717, 1.165) is 11.1 Å². The van der Waals surface area contributed by atoms with Crippen molar-refractivity contribution in [1.29, 1.82) is 0 Å². The van der Waals surface area contributed by atoms with Crippen molar-refractivity contribution in [2.45, 2.75) is 12.5 Å². The molecular weight excluding hydrogens is 295 g/mol. The Balaban J connectivity index is 2.23. The van der Waals surface area contributed by atoms with Crippen molar-refractivity contribution < 1.29 is 4.39 Å². The smallest absolute Gasteiger partial charge is 0.124 e. The molecule has 2 aromatic rings. The van der Waals surface area contributed by atoms with Crippen LogP contribution in [-0.2, 0) is 6.42 Å². The first-order chi connectivity index (χ1) is 8.69. The third-order valence-corrected chi connectivity index (χ3v) is 3.23. The monoisotopic (exact) mass is 308 g/mol. The van der Waals surface area contributed by atoms with Crippen LogP contribution in [-0.4, -0.2) is 0 Å². The minimum atomic E-state index is -0.271. The number of hydrazine groups is 1. The molecular formula is C14H14BrFN2. The molecule has 0 radical (unpaired) electrons. The van der Waals surface area contributed by atoms with Gasteiger partial charge in [0.05, 0.1) is 6.04 Å². The van der Waals surface area contributed by atoms with E-state index in [2.05, 4.69) is 21.4 Å². The van der Waals surface area contributed by atoms with Crippen LogP contribution >= 0.6 is 15.9 Å². The molecule has 94 valence electrons. The largest absolute Gasteiger partial charge is 0.271 e. The molecule has 0 aliphatic heterocycles. The summed E-state index contributed by atoms with van der Waals surface area (Å²) in [6, 6.07) is 14.7. The minimum Gasteiger partial charge on any atom is -0.271 e. The summed E-state index contributed by atoms with van der Waals surface area (Å²) in [4.78, 5) is 0. The first-order valence-electron chi connectivity index (χ1n) is 5.65. The van der Waals surface area contributed by atoms with E-state index in [9.17, 15) is 4.39 Å². The Hall–Kier alpha value is -1.23. The molecule has 0 aromatic heterocycles. The van der Waals surface area contributed by atoms with Gasteiger partial charge >= 0.3 is 0 Å². The van der Waals surface area contributed by atoms with E-state index >= 15 is 0 Å². The lowest BCUT2D eigenvalue weighted by atomic mass is 9.99. The van der Waals surface area contributed by atoms with Gasteiger partial charge in [-0.05, 0) is 35.7 Å². The highest BCUT2D eigenvalue weighted by Crippen LogP contribution is 2.22. The first kappa shape index (κ1) is 13.2. The summed E-state index contributed by atoms with van der Waals surface area (Å²) in [6.07, 6.45) is 0.716. The van der Waals surface area contributed by atoms with Crippen LogP contribution in [0.15, 0.2) is 53.0 Å². The van der Waals surface area contributed by atoms with Gasteiger partial charge in [0.15, 0.2) is 0 Å². The molecule has 0 aliphatic carbocycles. The van der Waals surface area contributed by atoms with Gasteiger partial charge in [-0.15, -0.1) is 0 Å². The van der Waals surface area contributed by atoms with Crippen LogP contribution in [0.25, 0.3) is 0 Å². The number of rotatable bonds is 4. The van der Waals surface area contributed by atoms with E-state index < -0.39 is 0 Å². The summed E-state index contributed by atoms with van der Waals surface area (Å²) in [5.41, 5.74) is 4.71. The quantitative estimate of drug-likeness (QED) is 0.671. The Morgan fingerprint density at radius 1 is 1.17 bits per heavy atom. The molecule has 2 nitrogen and oxygen atoms in total. The summed E-state index contributed by atoms with van der Waals surface area (Å²) in [6.45, 7) is 0. The molecule has 18 heavy (non-hydrogen) atoms. The molecule has 0 fully saturated rings. The van der Waals surface area contributed by atoms with Gasteiger partial charge in [-0.3, -0.25) is 11.3 Å². The molecule has 1 atom stereocenters. The SMILES string of the molecule is NNC(Cc1ccccc1)c1cc(F)cc(Br)c1. The second kappa shape index (κ2) is 6.09. The Morgan fingerprint density at radius 2 is 1.89 bits per heavy atom. The van der Waals surface area contributed by atoms with Crippen LogP contribution in [0, 0.1) is 5.82 Å². The van der Waals surface area contributed by atoms with Crippen molar-refractivity contribution in [1.82, 2.24) is 5.43 Å². The molecule has 4 heteroatoms. The van der Waals surface area contributed by atoms with E-state index in [1.54, 1.807) is 0 Å². The first-order valence-corrected chi connectivity index (χ1v) is 6.44. The van der Waals surface area contributed by atoms with Crippen molar-refractivity contribution >= 4 is 15.9 Å². The third kappa shape index (κ3) is 3.38. The Morgan fingerprint density at radius 3 is 2.50 bits per heavy atom. The molecule has 0 heterocycles. The predicted octanol–water partition coefficient (Wildman–Crippen LogP) is 3.34. The predicted molar refractivity (Wildman–Crippen MR) is 74.3 cm³/mol. The average molecular weight is 309 g/mol. The Kier molecular flexibility index (Phi) is 4.47. The summed E-state index contributed by atoms with van der Waals surface area (Å²) < 4.78 is 14.1. The summed E-state index contributed by atoms with van der Waals surface area (Å²) in [7, 11) is 0. The number of benzene rings is 2. The fourth-order valence-corrected chi connectivity index (χ4v) is 2.38. The lowest BCUT2D eigenvalue weighted by Crippen LogP contribution is -2.29. The van der Waals surface area contributed by atoms with Gasteiger partial charge < -0.3 is 0 Å². The van der Waals surface area contributed by atoms with Crippen LogP contribution in [0.4, 0.5) is 4.39 Å². The molecule has 0 saturated carbocycles. The van der Waals surface area contributed by atoms with Crippen molar-refractivity contribution in [3.63, 3.8) is 0 Å². The van der Waals surface area contributed by atoms with Gasteiger partial charge in [0.1, 0.15) is 5.82 Å². The summed E-state index contributed by atoms with van der Waals surface area (Å²) >= 11 is 3.29. The molecule has 0 spiro atoms. The number of nitrogens with two attached hydrogens (primary N) is 1. The number of halogens is 2. The molecule has 3 N–H and O–H groups in total. The fourth-order valence-electron chi connectivity index (χ4n) is 1.90. The molecule has 2 rings (SSSR count). The fraction of sp³-hybridized carbons (Fsp3) is 0.143. The van der Waals surface area contributed by atoms with Crippen molar-refractivity contribution in [2.75, 3.05) is 0 Å². The number of hydrogen-bond donors (Lipinski definition) is 2. The molecule has 1 unspecified atom stereocenters. The maximum Gasteiger partial charge on any atom is 0.124 e. The van der Waals surface area contributed by atoms with Gasteiger partial charge in [-0.25, -0.2) is 4.39 Å². The van der Waals surface area contributed by atoms with Gasteiger partial charge in [0.2, 0.25) is 0 Å². The maximum absolute atomic E-state index is 13.4. The van der Waals surface area contributed by atoms with Gasteiger partial charge in [0.25, 0.3) is 0 Å². The standard InChI is InChI=1S/C14H14BrFN2/c15-12-7-11(8-13(16)9-12)14(18-17)6-10-4-2-1-3-5-10/h1-5,7-9,14,18H,6,17H2. The van der Waals surface area contributed by atoms with Crippen molar-refractivity contribution in [2.24, 2.45) is 5.84 Å². The minimum absolute atomic E-state index is 0.112. The summed E-state index contributed by atoms with van der Waals surface area (Å²) in [5, 5.41) is 0. The van der Waals surface area contributed by atoms with Gasteiger partial charge in [-0.1, -0.05) is 46.3 Å². The van der Waals surface area contributed by atoms with Crippen LogP contribution in [0.5, 0.6) is 0 Å². The van der Waals surface area contributed by atoms with Gasteiger partial charge in [0, 0.05) is 4.47 Å². The number of hydrogen-bond acceptors (Lipinski definition) is 2. The lowest BCUT2D eigenvalue weighted by molar-refractivity contribution is 0.544. The van der Waals surface area contributed by atoms with Crippen LogP contribution in [0.1, 0.15) is 17.2 Å². The van der Waals surface area contributed by atoms with Crippen LogP contribution in [0.3, 0.4) is 0 Å². The van der Waals surface area contributed by atoms with Crippen LogP contribution in [0.2, 0.25) is 0 Å². The third-order valence-electron chi connectivity index (χ3n) is 2.77. The zero-order valence-corrected chi connectivity index (χ0v) is 11.3. The van der Waals surface area contributed by atoms with E-state index in [4.69, 9.17) is 5.84 Å². The normalized spacial score (nSPS) is 12.4. The van der Waals surface area contributed by atoms with E-state index in [1.807, 2.05) is 36.4 Å². The average Bonchev–Trinajstić information content (AvgIpc) is 2.36. The highest BCUT2D eigenvalue weighted by molar-refractivity contribution is 9.10. The van der Waals surface area contributed by atoms with E-state index in [1.165, 1.54) is 12.1 Å². The molecule has 0 bridgehead atoms. The second-order valence-electron chi connectivity index (χ2n) is 4.11.